The monoisotopic (exact) mass is 256 g/mol. The van der Waals surface area contributed by atoms with Gasteiger partial charge in [0, 0.05) is 0 Å². The van der Waals surface area contributed by atoms with Gasteiger partial charge in [-0.15, -0.1) is 0 Å². The zero-order valence-corrected chi connectivity index (χ0v) is 11.8. The molecule has 0 amide bonds. The van der Waals surface area contributed by atoms with Crippen molar-refractivity contribution < 1.29 is 0 Å². The van der Waals surface area contributed by atoms with Gasteiger partial charge in [-0.1, -0.05) is 36.4 Å². The highest BCUT2D eigenvalue weighted by molar-refractivity contribution is 6.06. The van der Waals surface area contributed by atoms with E-state index in [0.29, 0.717) is 0 Å². The van der Waals surface area contributed by atoms with Crippen LogP contribution in [0.1, 0.15) is 11.1 Å². The first-order valence-corrected chi connectivity index (χ1v) is 7.05. The fourth-order valence-electron chi connectivity index (χ4n) is 3.12. The van der Waals surface area contributed by atoms with E-state index >= 15 is 0 Å². The predicted molar refractivity (Wildman–Crippen MR) is 88.4 cm³/mol. The average Bonchev–Trinajstić information content (AvgIpc) is 2.45. The summed E-state index contributed by atoms with van der Waals surface area (Å²) in [6.45, 7) is 4.36. The van der Waals surface area contributed by atoms with E-state index in [4.69, 9.17) is 0 Å². The van der Waals surface area contributed by atoms with Crippen LogP contribution in [-0.2, 0) is 0 Å². The van der Waals surface area contributed by atoms with Crippen LogP contribution in [0, 0.1) is 13.8 Å². The standard InChI is InChI=1S/C20H16/c1-13-5-3-7-15-9-17-10-16-8-4-6-14(2)20(16)12-18(17)11-19(13)15/h3-12H,1-2H3. The van der Waals surface area contributed by atoms with Crippen molar-refractivity contribution in [3.63, 3.8) is 0 Å². The topological polar surface area (TPSA) is 0 Å². The Morgan fingerprint density at radius 1 is 0.500 bits per heavy atom. The third-order valence-corrected chi connectivity index (χ3v) is 4.27. The van der Waals surface area contributed by atoms with Gasteiger partial charge in [0.25, 0.3) is 0 Å². The minimum atomic E-state index is 1.32. The Morgan fingerprint density at radius 3 is 1.45 bits per heavy atom. The van der Waals surface area contributed by atoms with Crippen LogP contribution in [0.3, 0.4) is 0 Å². The van der Waals surface area contributed by atoms with Crippen molar-refractivity contribution in [1.29, 1.82) is 0 Å². The summed E-state index contributed by atoms with van der Waals surface area (Å²) >= 11 is 0. The van der Waals surface area contributed by atoms with Crippen molar-refractivity contribution in [1.82, 2.24) is 0 Å². The minimum Gasteiger partial charge on any atom is -0.0614 e. The van der Waals surface area contributed by atoms with Crippen LogP contribution in [0.25, 0.3) is 32.3 Å². The Balaban J connectivity index is 2.20. The van der Waals surface area contributed by atoms with Gasteiger partial charge in [-0.2, -0.15) is 0 Å². The molecule has 0 aliphatic heterocycles. The first-order chi connectivity index (χ1) is 9.72. The molecule has 0 nitrogen and oxygen atoms in total. The summed E-state index contributed by atoms with van der Waals surface area (Å²) < 4.78 is 0. The average molecular weight is 256 g/mol. The van der Waals surface area contributed by atoms with Crippen molar-refractivity contribution in [3.05, 3.63) is 71.8 Å². The summed E-state index contributed by atoms with van der Waals surface area (Å²) in [7, 11) is 0. The number of fused-ring (bicyclic) bond motifs is 3. The van der Waals surface area contributed by atoms with Crippen LogP contribution >= 0.6 is 0 Å². The number of hydrogen-bond donors (Lipinski definition) is 0. The van der Waals surface area contributed by atoms with Gasteiger partial charge < -0.3 is 0 Å². The fourth-order valence-corrected chi connectivity index (χ4v) is 3.12. The van der Waals surface area contributed by atoms with Crippen LogP contribution in [0.2, 0.25) is 0 Å². The Hall–Kier alpha value is -2.34. The summed E-state index contributed by atoms with van der Waals surface area (Å²) in [5, 5.41) is 8.00. The third-order valence-electron chi connectivity index (χ3n) is 4.27. The van der Waals surface area contributed by atoms with Gasteiger partial charge in [-0.05, 0) is 81.6 Å². The molecule has 0 atom stereocenters. The molecule has 0 bridgehead atoms. The van der Waals surface area contributed by atoms with Crippen molar-refractivity contribution in [2.75, 3.05) is 0 Å². The van der Waals surface area contributed by atoms with Crippen LogP contribution in [0.15, 0.2) is 60.7 Å². The Bertz CT molecular complexity index is 885. The van der Waals surface area contributed by atoms with Gasteiger partial charge >= 0.3 is 0 Å². The molecule has 0 aliphatic rings. The second-order valence-corrected chi connectivity index (χ2v) is 5.64. The van der Waals surface area contributed by atoms with E-state index in [2.05, 4.69) is 74.5 Å². The summed E-state index contributed by atoms with van der Waals surface area (Å²) in [5.74, 6) is 0. The maximum absolute atomic E-state index is 2.33. The Morgan fingerprint density at radius 2 is 0.950 bits per heavy atom. The van der Waals surface area contributed by atoms with Gasteiger partial charge in [-0.25, -0.2) is 0 Å². The van der Waals surface area contributed by atoms with E-state index in [-0.39, 0.29) is 0 Å². The molecule has 0 N–H and O–H groups in total. The summed E-state index contributed by atoms with van der Waals surface area (Å²) in [6.07, 6.45) is 0. The molecule has 0 heterocycles. The number of benzene rings is 4. The molecule has 0 saturated heterocycles. The summed E-state index contributed by atoms with van der Waals surface area (Å²) in [5.41, 5.74) is 2.68. The van der Waals surface area contributed by atoms with Crippen molar-refractivity contribution in [2.45, 2.75) is 13.8 Å². The predicted octanol–water partition coefficient (Wildman–Crippen LogP) is 5.76. The van der Waals surface area contributed by atoms with Gasteiger partial charge in [0.2, 0.25) is 0 Å². The van der Waals surface area contributed by atoms with E-state index in [0.717, 1.165) is 0 Å². The number of rotatable bonds is 0. The lowest BCUT2D eigenvalue weighted by Gasteiger charge is -2.08. The van der Waals surface area contributed by atoms with Crippen LogP contribution in [0.4, 0.5) is 0 Å². The molecule has 0 aliphatic carbocycles. The van der Waals surface area contributed by atoms with E-state index in [1.54, 1.807) is 0 Å². The quantitative estimate of drug-likeness (QED) is 0.351. The van der Waals surface area contributed by atoms with Crippen LogP contribution < -0.4 is 0 Å². The second kappa shape index (κ2) is 4.08. The summed E-state index contributed by atoms with van der Waals surface area (Å²) in [6, 6.07) is 22.3. The van der Waals surface area contributed by atoms with Crippen molar-refractivity contribution in [2.24, 2.45) is 0 Å². The van der Waals surface area contributed by atoms with Crippen molar-refractivity contribution in [3.8, 4) is 0 Å². The molecule has 4 aromatic rings. The van der Waals surface area contributed by atoms with Gasteiger partial charge in [0.15, 0.2) is 0 Å². The highest BCUT2D eigenvalue weighted by Crippen LogP contribution is 2.29. The highest BCUT2D eigenvalue weighted by atomic mass is 14.1. The summed E-state index contributed by atoms with van der Waals surface area (Å²) in [4.78, 5) is 0. The molecule has 0 unspecified atom stereocenters. The Kier molecular flexibility index (Phi) is 2.34. The van der Waals surface area contributed by atoms with Crippen LogP contribution in [0.5, 0.6) is 0 Å². The van der Waals surface area contributed by atoms with Gasteiger partial charge in [0.05, 0.1) is 0 Å². The molecule has 20 heavy (non-hydrogen) atoms. The van der Waals surface area contributed by atoms with E-state index in [1.807, 2.05) is 0 Å². The third kappa shape index (κ3) is 1.61. The second-order valence-electron chi connectivity index (χ2n) is 5.64. The molecule has 0 saturated carbocycles. The van der Waals surface area contributed by atoms with Gasteiger partial charge in [0.1, 0.15) is 0 Å². The molecular weight excluding hydrogens is 240 g/mol. The maximum atomic E-state index is 2.33. The highest BCUT2D eigenvalue weighted by Gasteiger charge is 2.03. The lowest BCUT2D eigenvalue weighted by atomic mass is 9.96. The largest absolute Gasteiger partial charge is 0.0614 e. The lowest BCUT2D eigenvalue weighted by molar-refractivity contribution is 1.53. The number of aryl methyl sites for hydroxylation is 2. The first-order valence-electron chi connectivity index (χ1n) is 7.05. The maximum Gasteiger partial charge on any atom is -0.0148 e. The van der Waals surface area contributed by atoms with E-state index in [1.165, 1.54) is 43.4 Å². The molecule has 0 aromatic heterocycles. The molecule has 4 aromatic carbocycles. The molecule has 96 valence electrons. The normalized spacial score (nSPS) is 11.5. The molecule has 0 spiro atoms. The van der Waals surface area contributed by atoms with Crippen molar-refractivity contribution >= 4 is 32.3 Å². The first kappa shape index (κ1) is 11.5. The zero-order valence-electron chi connectivity index (χ0n) is 11.8. The smallest absolute Gasteiger partial charge is 0.0148 e. The van der Waals surface area contributed by atoms with Gasteiger partial charge in [-0.3, -0.25) is 0 Å². The zero-order chi connectivity index (χ0) is 13.7. The molecule has 4 rings (SSSR count). The molecule has 0 heteroatoms. The molecule has 0 radical (unpaired) electrons. The molecular formula is C20H16. The fraction of sp³-hybridized carbons (Fsp3) is 0.100. The van der Waals surface area contributed by atoms with E-state index < -0.39 is 0 Å². The number of hydrogen-bond acceptors (Lipinski definition) is 0. The minimum absolute atomic E-state index is 1.32. The van der Waals surface area contributed by atoms with E-state index in [9.17, 15) is 0 Å². The van der Waals surface area contributed by atoms with Crippen LogP contribution in [-0.4, -0.2) is 0 Å². The lowest BCUT2D eigenvalue weighted by Crippen LogP contribution is -1.83. The molecule has 0 fully saturated rings. The Labute approximate surface area is 118 Å². The SMILES string of the molecule is Cc1cccc2cc3cc4cccc(C)c4cc3cc12.